The van der Waals surface area contributed by atoms with Crippen LogP contribution in [0.2, 0.25) is 0 Å². The number of benzene rings is 1. The number of amides is 1. The van der Waals surface area contributed by atoms with Crippen LogP contribution in [0.4, 0.5) is 0 Å². The summed E-state index contributed by atoms with van der Waals surface area (Å²) in [6.07, 6.45) is 11.5. The fourth-order valence-corrected chi connectivity index (χ4v) is 4.87. The Labute approximate surface area is 214 Å². The zero-order valence-electron chi connectivity index (χ0n) is 19.6. The Hall–Kier alpha value is -2.10. The van der Waals surface area contributed by atoms with E-state index in [0.717, 1.165) is 63.5 Å². The molecule has 1 unspecified atom stereocenters. The number of nitrogens with zero attached hydrogens (tertiary/aromatic N) is 4. The molecule has 1 atom stereocenters. The molecule has 1 saturated carbocycles. The van der Waals surface area contributed by atoms with Crippen LogP contribution >= 0.6 is 24.0 Å². The van der Waals surface area contributed by atoms with Crippen LogP contribution in [-0.4, -0.2) is 52.5 Å². The summed E-state index contributed by atoms with van der Waals surface area (Å²) >= 11 is 0. The molecule has 0 radical (unpaired) electrons. The molecule has 0 spiro atoms. The van der Waals surface area contributed by atoms with Gasteiger partial charge in [-0.05, 0) is 37.7 Å². The number of hydrogen-bond acceptors (Lipinski definition) is 3. The van der Waals surface area contributed by atoms with Crippen molar-refractivity contribution in [1.82, 2.24) is 25.1 Å². The lowest BCUT2D eigenvalue weighted by atomic mass is 10.1. The number of aliphatic imine (C=N–C) groups is 1. The average molecular weight is 565 g/mol. The van der Waals surface area contributed by atoms with Gasteiger partial charge in [0.25, 0.3) is 0 Å². The van der Waals surface area contributed by atoms with E-state index in [1.807, 2.05) is 17.3 Å². The van der Waals surface area contributed by atoms with Crippen molar-refractivity contribution in [3.8, 4) is 0 Å². The van der Waals surface area contributed by atoms with Crippen molar-refractivity contribution in [2.75, 3.05) is 20.1 Å². The van der Waals surface area contributed by atoms with Gasteiger partial charge in [-0.15, -0.1) is 24.0 Å². The molecule has 1 saturated heterocycles. The Morgan fingerprint density at radius 3 is 2.73 bits per heavy atom. The zero-order valence-corrected chi connectivity index (χ0v) is 21.9. The summed E-state index contributed by atoms with van der Waals surface area (Å²) < 4.78 is 2.21. The third-order valence-corrected chi connectivity index (χ3v) is 6.69. The Bertz CT molecular complexity index is 893. The third-order valence-electron chi connectivity index (χ3n) is 6.69. The molecule has 2 aliphatic rings. The number of aromatic nitrogens is 2. The molecule has 33 heavy (non-hydrogen) atoms. The van der Waals surface area contributed by atoms with E-state index in [0.29, 0.717) is 12.5 Å². The molecule has 7 nitrogen and oxygen atoms in total. The maximum absolute atomic E-state index is 12.7. The minimum absolute atomic E-state index is 0. The summed E-state index contributed by atoms with van der Waals surface area (Å²) in [5.74, 6) is 2.38. The van der Waals surface area contributed by atoms with Gasteiger partial charge in [0, 0.05) is 51.0 Å². The molecule has 180 valence electrons. The molecule has 2 heterocycles. The van der Waals surface area contributed by atoms with Crippen LogP contribution in [-0.2, 0) is 24.3 Å². The quantitative estimate of drug-likeness (QED) is 0.292. The smallest absolute Gasteiger partial charge is 0.225 e. The minimum atomic E-state index is 0. The fourth-order valence-electron chi connectivity index (χ4n) is 4.87. The van der Waals surface area contributed by atoms with E-state index in [1.165, 1.54) is 18.4 Å². The highest BCUT2D eigenvalue weighted by atomic mass is 127. The molecule has 4 rings (SSSR count). The number of nitrogens with one attached hydrogen (secondary N) is 2. The number of likely N-dealkylation sites (tertiary alicyclic amines) is 1. The fraction of sp³-hybridized carbons (Fsp3) is 0.560. The molecule has 2 aromatic rings. The van der Waals surface area contributed by atoms with Gasteiger partial charge in [-0.3, -0.25) is 9.79 Å². The number of guanidine groups is 1. The molecule has 1 aliphatic heterocycles. The van der Waals surface area contributed by atoms with Gasteiger partial charge < -0.3 is 20.1 Å². The number of halogens is 1. The van der Waals surface area contributed by atoms with E-state index in [-0.39, 0.29) is 35.9 Å². The van der Waals surface area contributed by atoms with E-state index < -0.39 is 0 Å². The van der Waals surface area contributed by atoms with Crippen LogP contribution in [0, 0.1) is 5.92 Å². The van der Waals surface area contributed by atoms with Gasteiger partial charge in [-0.25, -0.2) is 4.98 Å². The van der Waals surface area contributed by atoms with E-state index in [9.17, 15) is 4.79 Å². The summed E-state index contributed by atoms with van der Waals surface area (Å²) in [4.78, 5) is 23.6. The second-order valence-electron chi connectivity index (χ2n) is 8.95. The Morgan fingerprint density at radius 2 is 1.97 bits per heavy atom. The van der Waals surface area contributed by atoms with Gasteiger partial charge in [0.05, 0.1) is 6.54 Å². The van der Waals surface area contributed by atoms with Crippen LogP contribution in [0.3, 0.4) is 0 Å². The van der Waals surface area contributed by atoms with Crippen LogP contribution < -0.4 is 10.6 Å². The minimum Gasteiger partial charge on any atom is -0.352 e. The van der Waals surface area contributed by atoms with Crippen LogP contribution in [0.15, 0.2) is 47.7 Å². The van der Waals surface area contributed by atoms with Gasteiger partial charge in [0.1, 0.15) is 5.82 Å². The standard InChI is InChI=1S/C25H36N6O.HI/c1-26-25(29-22-13-16-31(19-22)24(32)21-11-5-6-12-21)28-18-23-27-14-17-30(23)15-7-10-20-8-3-2-4-9-20;/h2-4,8-9,14,17,21-22H,5-7,10-13,15-16,18-19H2,1H3,(H2,26,28,29);1H. The topological polar surface area (TPSA) is 74.6 Å². The van der Waals surface area contributed by atoms with E-state index >= 15 is 0 Å². The van der Waals surface area contributed by atoms with Gasteiger partial charge in [-0.2, -0.15) is 0 Å². The first-order chi connectivity index (χ1) is 15.7. The van der Waals surface area contributed by atoms with Gasteiger partial charge in [0.15, 0.2) is 5.96 Å². The summed E-state index contributed by atoms with van der Waals surface area (Å²) in [5.41, 5.74) is 1.37. The molecule has 0 bridgehead atoms. The van der Waals surface area contributed by atoms with E-state index in [1.54, 1.807) is 7.05 Å². The Balaban J connectivity index is 0.00000306. The average Bonchev–Trinajstić information content (AvgIpc) is 3.59. The molecule has 1 aromatic carbocycles. The van der Waals surface area contributed by atoms with E-state index in [4.69, 9.17) is 0 Å². The van der Waals surface area contributed by atoms with Crippen molar-refractivity contribution in [2.24, 2.45) is 10.9 Å². The van der Waals surface area contributed by atoms with Crippen molar-refractivity contribution < 1.29 is 4.79 Å². The largest absolute Gasteiger partial charge is 0.352 e. The molecular weight excluding hydrogens is 527 g/mol. The predicted molar refractivity (Wildman–Crippen MR) is 143 cm³/mol. The first kappa shape index (κ1) is 25.5. The lowest BCUT2D eigenvalue weighted by Crippen LogP contribution is -2.45. The Morgan fingerprint density at radius 1 is 1.18 bits per heavy atom. The first-order valence-electron chi connectivity index (χ1n) is 12.0. The summed E-state index contributed by atoms with van der Waals surface area (Å²) in [7, 11) is 1.79. The first-order valence-corrected chi connectivity index (χ1v) is 12.0. The maximum Gasteiger partial charge on any atom is 0.225 e. The maximum atomic E-state index is 12.7. The van der Waals surface area contributed by atoms with Crippen LogP contribution in [0.5, 0.6) is 0 Å². The third kappa shape index (κ3) is 7.19. The van der Waals surface area contributed by atoms with Crippen molar-refractivity contribution in [1.29, 1.82) is 0 Å². The second kappa shape index (κ2) is 13.0. The number of aryl methyl sites for hydroxylation is 2. The highest BCUT2D eigenvalue weighted by Crippen LogP contribution is 2.27. The monoisotopic (exact) mass is 564 g/mol. The number of rotatable bonds is 8. The predicted octanol–water partition coefficient (Wildman–Crippen LogP) is 3.59. The van der Waals surface area contributed by atoms with Crippen LogP contribution in [0.25, 0.3) is 0 Å². The number of carbonyl (C=O) groups excluding carboxylic acids is 1. The summed E-state index contributed by atoms with van der Waals surface area (Å²) in [6.45, 7) is 3.17. The zero-order chi connectivity index (χ0) is 22.2. The van der Waals surface area contributed by atoms with Gasteiger partial charge in [-0.1, -0.05) is 43.2 Å². The van der Waals surface area contributed by atoms with Crippen molar-refractivity contribution in [3.05, 3.63) is 54.1 Å². The van der Waals surface area contributed by atoms with Crippen molar-refractivity contribution in [3.63, 3.8) is 0 Å². The van der Waals surface area contributed by atoms with Crippen molar-refractivity contribution in [2.45, 2.75) is 64.1 Å². The van der Waals surface area contributed by atoms with Gasteiger partial charge >= 0.3 is 0 Å². The van der Waals surface area contributed by atoms with E-state index in [2.05, 4.69) is 55.5 Å². The molecule has 1 amide bonds. The lowest BCUT2D eigenvalue weighted by Gasteiger charge is -2.21. The highest BCUT2D eigenvalue weighted by molar-refractivity contribution is 14.0. The number of carbonyl (C=O) groups is 1. The van der Waals surface area contributed by atoms with Gasteiger partial charge in [0.2, 0.25) is 5.91 Å². The van der Waals surface area contributed by atoms with Crippen LogP contribution in [0.1, 0.15) is 49.9 Å². The molecule has 1 aliphatic carbocycles. The number of hydrogen-bond donors (Lipinski definition) is 2. The normalized spacial score (nSPS) is 18.9. The highest BCUT2D eigenvalue weighted by Gasteiger charge is 2.32. The molecule has 2 N–H and O–H groups in total. The summed E-state index contributed by atoms with van der Waals surface area (Å²) in [6, 6.07) is 10.8. The van der Waals surface area contributed by atoms with Crippen molar-refractivity contribution >= 4 is 35.8 Å². The molecule has 1 aromatic heterocycles. The summed E-state index contributed by atoms with van der Waals surface area (Å²) in [5, 5.41) is 6.89. The lowest BCUT2D eigenvalue weighted by molar-refractivity contribution is -0.134. The molecule has 2 fully saturated rings. The molecule has 8 heteroatoms. The number of imidazole rings is 1. The Kier molecular flexibility index (Phi) is 10.0. The SMILES string of the molecule is CN=C(NCc1nccn1CCCc1ccccc1)NC1CCN(C(=O)C2CCCC2)C1.I. The molecular formula is C25H37IN6O. The second-order valence-corrected chi connectivity index (χ2v) is 8.95.